The summed E-state index contributed by atoms with van der Waals surface area (Å²) in [4.78, 5) is 0. The Labute approximate surface area is 76.6 Å². The SMILES string of the molecule is Cc1ccc2c(c1)/C(=N/O)CCO2. The molecule has 0 saturated carbocycles. The lowest BCUT2D eigenvalue weighted by Crippen LogP contribution is -2.16. The number of nitrogens with zero attached hydrogens (tertiary/aromatic N) is 1. The number of rotatable bonds is 0. The van der Waals surface area contributed by atoms with Crippen LogP contribution in [0.3, 0.4) is 0 Å². The van der Waals surface area contributed by atoms with Gasteiger partial charge >= 0.3 is 0 Å². The fraction of sp³-hybridized carbons (Fsp3) is 0.300. The number of oxime groups is 1. The predicted octanol–water partition coefficient (Wildman–Crippen LogP) is 1.96. The van der Waals surface area contributed by atoms with Crippen molar-refractivity contribution in [1.29, 1.82) is 0 Å². The van der Waals surface area contributed by atoms with Gasteiger partial charge in [-0.15, -0.1) is 0 Å². The maximum atomic E-state index is 8.76. The highest BCUT2D eigenvalue weighted by atomic mass is 16.5. The largest absolute Gasteiger partial charge is 0.492 e. The van der Waals surface area contributed by atoms with Crippen LogP contribution in [-0.2, 0) is 0 Å². The van der Waals surface area contributed by atoms with Gasteiger partial charge in [-0.2, -0.15) is 0 Å². The molecule has 0 radical (unpaired) electrons. The zero-order valence-electron chi connectivity index (χ0n) is 7.45. The first-order valence-corrected chi connectivity index (χ1v) is 4.26. The molecule has 0 bridgehead atoms. The fourth-order valence-electron chi connectivity index (χ4n) is 1.49. The first kappa shape index (κ1) is 8.10. The average Bonchev–Trinajstić information content (AvgIpc) is 2.17. The van der Waals surface area contributed by atoms with E-state index in [0.717, 1.165) is 16.9 Å². The highest BCUT2D eigenvalue weighted by molar-refractivity contribution is 6.03. The van der Waals surface area contributed by atoms with Gasteiger partial charge in [0.1, 0.15) is 5.75 Å². The molecule has 1 aliphatic rings. The topological polar surface area (TPSA) is 41.8 Å². The maximum absolute atomic E-state index is 8.76. The lowest BCUT2D eigenvalue weighted by Gasteiger charge is -2.18. The second kappa shape index (κ2) is 3.09. The van der Waals surface area contributed by atoms with Crippen LogP contribution in [0.15, 0.2) is 23.4 Å². The molecule has 0 aliphatic carbocycles. The Balaban J connectivity index is 2.54. The average molecular weight is 177 g/mol. The van der Waals surface area contributed by atoms with E-state index >= 15 is 0 Å². The monoisotopic (exact) mass is 177 g/mol. The van der Waals surface area contributed by atoms with Crippen molar-refractivity contribution in [3.05, 3.63) is 29.3 Å². The molecule has 3 heteroatoms. The minimum atomic E-state index is 0.593. The standard InChI is InChI=1S/C10H11NO2/c1-7-2-3-10-8(6-7)9(11-12)4-5-13-10/h2-3,6,12H,4-5H2,1H3/b11-9+. The van der Waals surface area contributed by atoms with Crippen molar-refractivity contribution < 1.29 is 9.94 Å². The molecule has 2 rings (SSSR count). The zero-order chi connectivity index (χ0) is 9.26. The maximum Gasteiger partial charge on any atom is 0.128 e. The number of ether oxygens (including phenoxy) is 1. The molecule has 68 valence electrons. The van der Waals surface area contributed by atoms with Gasteiger partial charge in [0, 0.05) is 12.0 Å². The fourth-order valence-corrected chi connectivity index (χ4v) is 1.49. The smallest absolute Gasteiger partial charge is 0.128 e. The summed E-state index contributed by atoms with van der Waals surface area (Å²) in [6.07, 6.45) is 0.674. The summed E-state index contributed by atoms with van der Waals surface area (Å²) in [6, 6.07) is 5.87. The second-order valence-corrected chi connectivity index (χ2v) is 3.14. The molecule has 0 amide bonds. The van der Waals surface area contributed by atoms with Crippen LogP contribution in [0, 0.1) is 6.92 Å². The van der Waals surface area contributed by atoms with Gasteiger partial charge in [0.15, 0.2) is 0 Å². The molecule has 0 atom stereocenters. The van der Waals surface area contributed by atoms with Crippen molar-refractivity contribution in [3.63, 3.8) is 0 Å². The van der Waals surface area contributed by atoms with Crippen LogP contribution in [0.5, 0.6) is 5.75 Å². The number of hydrogen-bond donors (Lipinski definition) is 1. The number of hydrogen-bond acceptors (Lipinski definition) is 3. The second-order valence-electron chi connectivity index (χ2n) is 3.14. The normalized spacial score (nSPS) is 18.1. The number of fused-ring (bicyclic) bond motifs is 1. The molecule has 0 fully saturated rings. The summed E-state index contributed by atoms with van der Waals surface area (Å²) >= 11 is 0. The number of benzene rings is 1. The third-order valence-corrected chi connectivity index (χ3v) is 2.16. The summed E-state index contributed by atoms with van der Waals surface area (Å²) in [7, 11) is 0. The van der Waals surface area contributed by atoms with E-state index in [1.54, 1.807) is 0 Å². The third-order valence-electron chi connectivity index (χ3n) is 2.16. The predicted molar refractivity (Wildman–Crippen MR) is 49.6 cm³/mol. The summed E-state index contributed by atoms with van der Waals surface area (Å²) < 4.78 is 5.42. The van der Waals surface area contributed by atoms with Gasteiger partial charge in [0.2, 0.25) is 0 Å². The van der Waals surface area contributed by atoms with Crippen LogP contribution in [0.1, 0.15) is 17.5 Å². The Morgan fingerprint density at radius 3 is 3.08 bits per heavy atom. The Kier molecular flexibility index (Phi) is 1.93. The van der Waals surface area contributed by atoms with E-state index in [2.05, 4.69) is 5.16 Å². The van der Waals surface area contributed by atoms with Gasteiger partial charge in [0.05, 0.1) is 12.3 Å². The molecule has 1 N–H and O–H groups in total. The van der Waals surface area contributed by atoms with Crippen molar-refractivity contribution >= 4 is 5.71 Å². The van der Waals surface area contributed by atoms with Crippen molar-refractivity contribution in [3.8, 4) is 5.75 Å². The van der Waals surface area contributed by atoms with Crippen LogP contribution in [0.25, 0.3) is 0 Å². The molecule has 0 unspecified atom stereocenters. The van der Waals surface area contributed by atoms with E-state index in [-0.39, 0.29) is 0 Å². The Morgan fingerprint density at radius 1 is 1.46 bits per heavy atom. The molecule has 3 nitrogen and oxygen atoms in total. The van der Waals surface area contributed by atoms with E-state index in [4.69, 9.17) is 9.94 Å². The molecule has 0 aromatic heterocycles. The molecule has 1 aliphatic heterocycles. The van der Waals surface area contributed by atoms with Crippen LogP contribution >= 0.6 is 0 Å². The van der Waals surface area contributed by atoms with E-state index in [1.807, 2.05) is 25.1 Å². The van der Waals surface area contributed by atoms with Gasteiger partial charge in [-0.25, -0.2) is 0 Å². The van der Waals surface area contributed by atoms with E-state index in [9.17, 15) is 0 Å². The Hall–Kier alpha value is -1.51. The Bertz CT molecular complexity index is 358. The van der Waals surface area contributed by atoms with Crippen LogP contribution in [-0.4, -0.2) is 17.5 Å². The minimum absolute atomic E-state index is 0.593. The summed E-state index contributed by atoms with van der Waals surface area (Å²) in [5, 5.41) is 12.0. The summed E-state index contributed by atoms with van der Waals surface area (Å²) in [5.74, 6) is 0.810. The van der Waals surface area contributed by atoms with Crippen molar-refractivity contribution in [1.82, 2.24) is 0 Å². The lowest BCUT2D eigenvalue weighted by molar-refractivity contribution is 0.298. The first-order chi connectivity index (χ1) is 6.31. The number of aryl methyl sites for hydroxylation is 1. The van der Waals surface area contributed by atoms with Crippen LogP contribution < -0.4 is 4.74 Å². The highest BCUT2D eigenvalue weighted by Crippen LogP contribution is 2.25. The molecule has 1 aromatic rings. The first-order valence-electron chi connectivity index (χ1n) is 4.26. The molecule has 0 spiro atoms. The molecule has 13 heavy (non-hydrogen) atoms. The molecule has 1 heterocycles. The van der Waals surface area contributed by atoms with Gasteiger partial charge in [-0.05, 0) is 19.1 Å². The minimum Gasteiger partial charge on any atom is -0.492 e. The van der Waals surface area contributed by atoms with E-state index < -0.39 is 0 Å². The molecular formula is C10H11NO2. The van der Waals surface area contributed by atoms with Crippen LogP contribution in [0.4, 0.5) is 0 Å². The van der Waals surface area contributed by atoms with Crippen LogP contribution in [0.2, 0.25) is 0 Å². The van der Waals surface area contributed by atoms with E-state index in [1.165, 1.54) is 0 Å². The molecular weight excluding hydrogens is 166 g/mol. The van der Waals surface area contributed by atoms with E-state index in [0.29, 0.717) is 18.7 Å². The molecule has 0 saturated heterocycles. The van der Waals surface area contributed by atoms with Crippen molar-refractivity contribution in [2.45, 2.75) is 13.3 Å². The quantitative estimate of drug-likeness (QED) is 0.486. The molecule has 1 aromatic carbocycles. The van der Waals surface area contributed by atoms with Crippen molar-refractivity contribution in [2.24, 2.45) is 5.16 Å². The van der Waals surface area contributed by atoms with Gasteiger partial charge in [-0.3, -0.25) is 0 Å². The zero-order valence-corrected chi connectivity index (χ0v) is 7.45. The highest BCUT2D eigenvalue weighted by Gasteiger charge is 2.16. The third kappa shape index (κ3) is 1.37. The Morgan fingerprint density at radius 2 is 2.31 bits per heavy atom. The van der Waals surface area contributed by atoms with Crippen molar-refractivity contribution in [2.75, 3.05) is 6.61 Å². The van der Waals surface area contributed by atoms with Gasteiger partial charge < -0.3 is 9.94 Å². The summed E-state index contributed by atoms with van der Waals surface area (Å²) in [6.45, 7) is 2.60. The summed E-state index contributed by atoms with van der Waals surface area (Å²) in [5.41, 5.74) is 2.77. The van der Waals surface area contributed by atoms with Gasteiger partial charge in [-0.1, -0.05) is 16.8 Å². The van der Waals surface area contributed by atoms with Gasteiger partial charge in [0.25, 0.3) is 0 Å². The lowest BCUT2D eigenvalue weighted by atomic mass is 10.0.